The van der Waals surface area contributed by atoms with E-state index in [4.69, 9.17) is 4.74 Å². The van der Waals surface area contributed by atoms with Crippen LogP contribution in [0.1, 0.15) is 20.8 Å². The third-order valence-corrected chi connectivity index (χ3v) is 5.88. The van der Waals surface area contributed by atoms with Gasteiger partial charge in [0.15, 0.2) is 6.10 Å². The molecule has 0 unspecified atom stereocenters. The van der Waals surface area contributed by atoms with E-state index in [0.29, 0.717) is 0 Å². The second-order valence-electron chi connectivity index (χ2n) is 5.39. The molecule has 0 aromatic carbocycles. The summed E-state index contributed by atoms with van der Waals surface area (Å²) in [4.78, 5) is 24.0. The lowest BCUT2D eigenvalue weighted by atomic mass is 10.1. The fraction of sp³-hybridized carbons (Fsp3) is 0.467. The van der Waals surface area contributed by atoms with Gasteiger partial charge in [-0.3, -0.25) is 9.59 Å². The Bertz CT molecular complexity index is 668. The Morgan fingerprint density at radius 2 is 2.04 bits per heavy atom. The van der Waals surface area contributed by atoms with Crippen LogP contribution < -0.4 is 10.0 Å². The first kappa shape index (κ1) is 20.3. The van der Waals surface area contributed by atoms with Crippen molar-refractivity contribution in [2.24, 2.45) is 5.92 Å². The number of carbonyl (C=O) groups is 2. The lowest BCUT2D eigenvalue weighted by Crippen LogP contribution is -2.47. The number of nitrogens with one attached hydrogen (secondary N) is 2. The number of carbonyl (C=O) groups excluding carboxylic acids is 2. The van der Waals surface area contributed by atoms with E-state index in [1.54, 1.807) is 25.3 Å². The van der Waals surface area contributed by atoms with Crippen molar-refractivity contribution in [3.05, 3.63) is 30.2 Å². The number of sulfonamides is 1. The van der Waals surface area contributed by atoms with E-state index in [9.17, 15) is 18.0 Å². The lowest BCUT2D eigenvalue weighted by Gasteiger charge is -2.22. The van der Waals surface area contributed by atoms with Crippen LogP contribution in [0, 0.1) is 5.92 Å². The molecule has 0 aliphatic rings. The fourth-order valence-corrected chi connectivity index (χ4v) is 4.06. The van der Waals surface area contributed by atoms with Crippen LogP contribution in [0.2, 0.25) is 0 Å². The molecule has 24 heavy (non-hydrogen) atoms. The van der Waals surface area contributed by atoms with Crippen LogP contribution in [0.25, 0.3) is 0 Å². The topological polar surface area (TPSA) is 102 Å². The van der Waals surface area contributed by atoms with E-state index in [1.807, 2.05) is 0 Å². The Labute approximate surface area is 146 Å². The first-order chi connectivity index (χ1) is 11.2. The summed E-state index contributed by atoms with van der Waals surface area (Å²) < 4.78 is 32.1. The maximum atomic E-state index is 12.3. The van der Waals surface area contributed by atoms with Gasteiger partial charge in [-0.2, -0.15) is 4.72 Å². The van der Waals surface area contributed by atoms with Crippen LogP contribution in [-0.2, 0) is 24.3 Å². The predicted molar refractivity (Wildman–Crippen MR) is 92.0 cm³/mol. The lowest BCUT2D eigenvalue weighted by molar-refractivity contribution is -0.157. The first-order valence-electron chi connectivity index (χ1n) is 7.34. The Morgan fingerprint density at radius 1 is 1.38 bits per heavy atom. The molecule has 0 aliphatic carbocycles. The highest BCUT2D eigenvalue weighted by Gasteiger charge is 2.32. The van der Waals surface area contributed by atoms with Gasteiger partial charge in [0, 0.05) is 6.54 Å². The van der Waals surface area contributed by atoms with Crippen molar-refractivity contribution >= 4 is 33.2 Å². The maximum absolute atomic E-state index is 12.3. The standard InChI is InChI=1S/C15H22N2O5S2/c1-5-8-16-14(18)11(4)22-15(19)13(10(2)3)17-24(20,21)12-7-6-9-23-12/h5-7,9-11,13,17H,1,8H2,2-4H3,(H,16,18)/t11-,13-/m1/s1. The Morgan fingerprint density at radius 3 is 2.54 bits per heavy atom. The van der Waals surface area contributed by atoms with Gasteiger partial charge in [0.2, 0.25) is 0 Å². The molecular weight excluding hydrogens is 352 g/mol. The molecule has 7 nitrogen and oxygen atoms in total. The Balaban J connectivity index is 2.79. The number of hydrogen-bond donors (Lipinski definition) is 2. The highest BCUT2D eigenvalue weighted by Crippen LogP contribution is 2.18. The summed E-state index contributed by atoms with van der Waals surface area (Å²) in [5.74, 6) is -1.63. The van der Waals surface area contributed by atoms with E-state index >= 15 is 0 Å². The molecule has 0 saturated heterocycles. The van der Waals surface area contributed by atoms with Crippen LogP contribution in [0.15, 0.2) is 34.4 Å². The summed E-state index contributed by atoms with van der Waals surface area (Å²) in [5, 5.41) is 4.13. The van der Waals surface area contributed by atoms with Crippen LogP contribution in [0.4, 0.5) is 0 Å². The van der Waals surface area contributed by atoms with Gasteiger partial charge < -0.3 is 10.1 Å². The van der Waals surface area contributed by atoms with Gasteiger partial charge in [-0.1, -0.05) is 26.0 Å². The molecule has 0 fully saturated rings. The zero-order chi connectivity index (χ0) is 18.3. The van der Waals surface area contributed by atoms with Crippen LogP contribution in [0.5, 0.6) is 0 Å². The summed E-state index contributed by atoms with van der Waals surface area (Å²) in [7, 11) is -3.82. The summed E-state index contributed by atoms with van der Waals surface area (Å²) in [6.07, 6.45) is 0.461. The van der Waals surface area contributed by atoms with Crippen molar-refractivity contribution in [1.82, 2.24) is 10.0 Å². The fourth-order valence-electron chi connectivity index (χ4n) is 1.72. The van der Waals surface area contributed by atoms with Crippen molar-refractivity contribution in [2.75, 3.05) is 6.54 Å². The van der Waals surface area contributed by atoms with Crippen LogP contribution >= 0.6 is 11.3 Å². The van der Waals surface area contributed by atoms with E-state index in [2.05, 4.69) is 16.6 Å². The van der Waals surface area contributed by atoms with Crippen molar-refractivity contribution in [2.45, 2.75) is 37.1 Å². The predicted octanol–water partition coefficient (Wildman–Crippen LogP) is 1.28. The minimum absolute atomic E-state index is 0.109. The van der Waals surface area contributed by atoms with E-state index in [-0.39, 0.29) is 16.7 Å². The molecule has 9 heteroatoms. The van der Waals surface area contributed by atoms with Crippen molar-refractivity contribution in [1.29, 1.82) is 0 Å². The van der Waals surface area contributed by atoms with E-state index < -0.39 is 34.0 Å². The maximum Gasteiger partial charge on any atom is 0.325 e. The molecule has 0 saturated carbocycles. The number of hydrogen-bond acceptors (Lipinski definition) is 6. The summed E-state index contributed by atoms with van der Waals surface area (Å²) in [6, 6.07) is 1.96. The van der Waals surface area contributed by atoms with Crippen LogP contribution in [0.3, 0.4) is 0 Å². The Hall–Kier alpha value is -1.71. The number of ether oxygens (including phenoxy) is 1. The second-order valence-corrected chi connectivity index (χ2v) is 8.28. The minimum atomic E-state index is -3.82. The summed E-state index contributed by atoms with van der Waals surface area (Å²) >= 11 is 1.05. The van der Waals surface area contributed by atoms with Gasteiger partial charge in [0.05, 0.1) is 0 Å². The molecule has 1 amide bonds. The minimum Gasteiger partial charge on any atom is -0.451 e. The zero-order valence-electron chi connectivity index (χ0n) is 13.8. The van der Waals surface area contributed by atoms with Crippen molar-refractivity contribution in [3.63, 3.8) is 0 Å². The number of rotatable bonds is 9. The quantitative estimate of drug-likeness (QED) is 0.501. The summed E-state index contributed by atoms with van der Waals surface area (Å²) in [5.41, 5.74) is 0. The molecule has 1 rings (SSSR count). The van der Waals surface area contributed by atoms with Gasteiger partial charge >= 0.3 is 5.97 Å². The normalized spacial score (nSPS) is 14.0. The van der Waals surface area contributed by atoms with E-state index in [0.717, 1.165) is 11.3 Å². The third-order valence-electron chi connectivity index (χ3n) is 3.05. The second kappa shape index (κ2) is 8.95. The molecule has 0 radical (unpaired) electrons. The molecule has 134 valence electrons. The zero-order valence-corrected chi connectivity index (χ0v) is 15.4. The largest absolute Gasteiger partial charge is 0.451 e. The van der Waals surface area contributed by atoms with Crippen molar-refractivity contribution in [3.8, 4) is 0 Å². The monoisotopic (exact) mass is 374 g/mol. The average molecular weight is 374 g/mol. The molecule has 0 aliphatic heterocycles. The highest BCUT2D eigenvalue weighted by molar-refractivity contribution is 7.91. The molecular formula is C15H22N2O5S2. The van der Waals surface area contributed by atoms with Gasteiger partial charge in [-0.05, 0) is 24.3 Å². The molecule has 0 spiro atoms. The average Bonchev–Trinajstić information content (AvgIpc) is 3.05. The smallest absolute Gasteiger partial charge is 0.325 e. The molecule has 1 aromatic rings. The van der Waals surface area contributed by atoms with Gasteiger partial charge in [0.1, 0.15) is 10.3 Å². The van der Waals surface area contributed by atoms with Gasteiger partial charge in [-0.25, -0.2) is 8.42 Å². The summed E-state index contributed by atoms with van der Waals surface area (Å²) in [6.45, 7) is 8.51. The number of esters is 1. The van der Waals surface area contributed by atoms with Crippen molar-refractivity contribution < 1.29 is 22.7 Å². The highest BCUT2D eigenvalue weighted by atomic mass is 32.2. The Kier molecular flexibility index (Phi) is 7.59. The molecule has 2 atom stereocenters. The number of amides is 1. The van der Waals surface area contributed by atoms with E-state index in [1.165, 1.54) is 19.1 Å². The molecule has 1 aromatic heterocycles. The first-order valence-corrected chi connectivity index (χ1v) is 9.70. The molecule has 1 heterocycles. The third kappa shape index (κ3) is 5.73. The van der Waals surface area contributed by atoms with Crippen LogP contribution in [-0.4, -0.2) is 39.0 Å². The molecule has 2 N–H and O–H groups in total. The van der Waals surface area contributed by atoms with Gasteiger partial charge in [0.25, 0.3) is 15.9 Å². The number of thiophene rings is 1. The molecule has 0 bridgehead atoms. The van der Waals surface area contributed by atoms with Gasteiger partial charge in [-0.15, -0.1) is 17.9 Å². The SMILES string of the molecule is C=CCNC(=O)[C@@H](C)OC(=O)[C@H](NS(=O)(=O)c1cccs1)C(C)C.